The van der Waals surface area contributed by atoms with Crippen LogP contribution >= 0.6 is 11.9 Å². The topological polar surface area (TPSA) is 192 Å². The third kappa shape index (κ3) is 19.0. The highest BCUT2D eigenvalue weighted by atomic mass is 32.2. The molecule has 0 aliphatic rings. The number of rotatable bonds is 20. The first kappa shape index (κ1) is 37.8. The predicted octanol–water partition coefficient (Wildman–Crippen LogP) is -0.309. The van der Waals surface area contributed by atoms with Crippen LogP contribution in [0.4, 0.5) is 0 Å². The minimum atomic E-state index is -1.49. The lowest BCUT2D eigenvalue weighted by Crippen LogP contribution is -2.36. The lowest BCUT2D eigenvalue weighted by Gasteiger charge is -2.15. The van der Waals surface area contributed by atoms with Crippen molar-refractivity contribution in [2.75, 3.05) is 39.8 Å². The van der Waals surface area contributed by atoms with Gasteiger partial charge in [-0.25, -0.2) is 0 Å². The number of amides is 2. The number of unbranched alkanes of at least 4 members (excludes halogenated alkanes) is 2. The fraction of sp³-hybridized carbons (Fsp3) is 0.654. The van der Waals surface area contributed by atoms with E-state index in [1.165, 1.54) is 16.8 Å². The number of carboxylic acids is 1. The molecule has 0 fully saturated rings. The van der Waals surface area contributed by atoms with Gasteiger partial charge in [0.15, 0.2) is 0 Å². The van der Waals surface area contributed by atoms with Crippen molar-refractivity contribution in [2.24, 2.45) is 0 Å². The van der Waals surface area contributed by atoms with Gasteiger partial charge in [0, 0.05) is 25.0 Å². The highest BCUT2D eigenvalue weighted by molar-refractivity contribution is 7.97. The van der Waals surface area contributed by atoms with Gasteiger partial charge in [0.05, 0.1) is 12.6 Å². The van der Waals surface area contributed by atoms with Crippen molar-refractivity contribution in [3.8, 4) is 0 Å². The van der Waals surface area contributed by atoms with Crippen molar-refractivity contribution in [1.82, 2.24) is 20.3 Å². The molecule has 0 heterocycles. The van der Waals surface area contributed by atoms with Gasteiger partial charge in [-0.15, -0.1) is 0 Å². The molecule has 14 heteroatoms. The Hall–Kier alpha value is -2.20. The van der Waals surface area contributed by atoms with Crippen LogP contribution in [-0.4, -0.2) is 107 Å². The molecule has 0 spiro atoms. The molecule has 12 nitrogen and oxygen atoms in total. The summed E-state index contributed by atoms with van der Waals surface area (Å²) in [6, 6.07) is 6.13. The van der Waals surface area contributed by atoms with Crippen molar-refractivity contribution < 1.29 is 39.8 Å². The van der Waals surface area contributed by atoms with E-state index in [9.17, 15) is 19.5 Å². The number of benzene rings is 1. The van der Waals surface area contributed by atoms with E-state index in [-0.39, 0.29) is 24.5 Å². The van der Waals surface area contributed by atoms with Gasteiger partial charge in [0.25, 0.3) is 0 Å². The molecule has 1 rings (SSSR count). The maximum absolute atomic E-state index is 11.7. The third-order valence-electron chi connectivity index (χ3n) is 5.90. The molecule has 0 aliphatic carbocycles. The Labute approximate surface area is 242 Å². The maximum Gasteiger partial charge on any atom is 0.488 e. The number of aliphatic hydroxyl groups is 2. The van der Waals surface area contributed by atoms with E-state index in [1.807, 2.05) is 13.8 Å². The van der Waals surface area contributed by atoms with Crippen molar-refractivity contribution in [1.29, 1.82) is 0 Å². The first-order valence-electron chi connectivity index (χ1n) is 13.7. The van der Waals surface area contributed by atoms with Gasteiger partial charge >= 0.3 is 13.1 Å². The molecule has 40 heavy (non-hydrogen) atoms. The summed E-state index contributed by atoms with van der Waals surface area (Å²) >= 11 is 1.28. The standard InChI is InChI=1S/C16H26BN3O5S.C10H21NO3/c1-2-18-14(16(22)23)5-3-4-10-19-15(21)11-20-26-13-8-6-12(7-9-13)17(24)25;1-3-9(13)6-4-5-7-11(2)10(14)8-12/h6-9,14,18,20,24-25H,2-5,10-11H2,1H3,(H,19,21)(H,22,23);9,12-13H,3-8H2,1-2H3/t14-;/m0./s1. The minimum absolute atomic E-state index is 0.138. The Bertz CT molecular complexity index is 835. The highest BCUT2D eigenvalue weighted by Crippen LogP contribution is 2.12. The summed E-state index contributed by atoms with van der Waals surface area (Å²) in [6.07, 6.45) is 5.12. The average molecular weight is 587 g/mol. The molecule has 228 valence electrons. The largest absolute Gasteiger partial charge is 0.488 e. The van der Waals surface area contributed by atoms with Crippen LogP contribution in [0, 0.1) is 0 Å². The number of hydrogen-bond acceptors (Lipinski definition) is 10. The van der Waals surface area contributed by atoms with E-state index < -0.39 is 25.7 Å². The molecule has 8 N–H and O–H groups in total. The number of nitrogens with zero attached hydrogens (tertiary/aromatic N) is 1. The Balaban J connectivity index is 0.000000919. The fourth-order valence-electron chi connectivity index (χ4n) is 3.39. The van der Waals surface area contributed by atoms with Crippen LogP contribution in [-0.2, 0) is 14.4 Å². The van der Waals surface area contributed by atoms with Crippen LogP contribution in [0.5, 0.6) is 0 Å². The van der Waals surface area contributed by atoms with Crippen LogP contribution in [0.1, 0.15) is 58.8 Å². The predicted molar refractivity (Wildman–Crippen MR) is 157 cm³/mol. The molecule has 2 amide bonds. The monoisotopic (exact) mass is 586 g/mol. The summed E-state index contributed by atoms with van der Waals surface area (Å²) in [6.45, 7) is 5.30. The highest BCUT2D eigenvalue weighted by Gasteiger charge is 2.15. The SMILES string of the molecule is CCC(O)CCCCN(C)C(=O)CO.CCN[C@@H](CCCCNC(=O)CNSc1ccc(B(O)O)cc1)C(=O)O. The van der Waals surface area contributed by atoms with Gasteiger partial charge in [-0.1, -0.05) is 26.0 Å². The number of aliphatic carboxylic acids is 1. The van der Waals surface area contributed by atoms with Gasteiger partial charge in [0.1, 0.15) is 12.6 Å². The lowest BCUT2D eigenvalue weighted by atomic mass is 9.81. The number of carbonyl (C=O) groups is 3. The van der Waals surface area contributed by atoms with Gasteiger partial charge in [-0.3, -0.25) is 19.1 Å². The zero-order chi connectivity index (χ0) is 30.3. The Morgan fingerprint density at radius 2 is 1.68 bits per heavy atom. The average Bonchev–Trinajstić information content (AvgIpc) is 2.94. The molecule has 0 aromatic heterocycles. The summed E-state index contributed by atoms with van der Waals surface area (Å²) in [7, 11) is 0.186. The molecular formula is C26H47BN4O8S. The molecule has 0 saturated heterocycles. The molecule has 1 unspecified atom stereocenters. The zero-order valence-electron chi connectivity index (χ0n) is 23.8. The number of hydrogen-bond donors (Lipinski definition) is 8. The summed E-state index contributed by atoms with van der Waals surface area (Å²) in [5, 5.41) is 50.5. The van der Waals surface area contributed by atoms with Crippen molar-refractivity contribution in [2.45, 2.75) is 75.8 Å². The summed E-state index contributed by atoms with van der Waals surface area (Å²) in [4.78, 5) is 36.0. The van der Waals surface area contributed by atoms with E-state index in [0.29, 0.717) is 31.5 Å². The van der Waals surface area contributed by atoms with Gasteiger partial charge in [-0.05, 0) is 81.0 Å². The number of carboxylic acid groups (broad SMARTS) is 1. The number of likely N-dealkylation sites (N-methyl/N-ethyl adjacent to an activating group) is 2. The minimum Gasteiger partial charge on any atom is -0.480 e. The van der Waals surface area contributed by atoms with Gasteiger partial charge in [-0.2, -0.15) is 0 Å². The van der Waals surface area contributed by atoms with Crippen LogP contribution in [0.15, 0.2) is 29.2 Å². The molecule has 0 aliphatic heterocycles. The number of aliphatic hydroxyl groups excluding tert-OH is 2. The second-order valence-electron chi connectivity index (χ2n) is 9.19. The smallest absolute Gasteiger partial charge is 0.480 e. The second-order valence-corrected chi connectivity index (χ2v) is 10.2. The van der Waals surface area contributed by atoms with Gasteiger partial charge < -0.3 is 40.9 Å². The summed E-state index contributed by atoms with van der Waals surface area (Å²) in [5.74, 6) is -1.24. The van der Waals surface area contributed by atoms with E-state index in [2.05, 4.69) is 15.4 Å². The Morgan fingerprint density at radius 3 is 2.23 bits per heavy atom. The summed E-state index contributed by atoms with van der Waals surface area (Å²) < 4.78 is 2.93. The fourth-order valence-corrected chi connectivity index (χ4v) is 4.04. The van der Waals surface area contributed by atoms with Crippen LogP contribution in [0.3, 0.4) is 0 Å². The first-order chi connectivity index (χ1) is 19.0. The van der Waals surface area contributed by atoms with Gasteiger partial charge in [0.2, 0.25) is 11.8 Å². The van der Waals surface area contributed by atoms with E-state index >= 15 is 0 Å². The molecule has 0 radical (unpaired) electrons. The third-order valence-corrected chi connectivity index (χ3v) is 6.70. The normalized spacial score (nSPS) is 12.1. The van der Waals surface area contributed by atoms with E-state index in [1.54, 1.807) is 31.3 Å². The quantitative estimate of drug-likeness (QED) is 0.0568. The van der Waals surface area contributed by atoms with E-state index in [0.717, 1.165) is 43.4 Å². The van der Waals surface area contributed by atoms with Crippen molar-refractivity contribution >= 4 is 42.3 Å². The molecule has 1 aromatic carbocycles. The molecule has 1 aromatic rings. The van der Waals surface area contributed by atoms with E-state index in [4.69, 9.17) is 20.3 Å². The Kier molecular flexibility index (Phi) is 22.2. The van der Waals surface area contributed by atoms with Crippen LogP contribution in [0.25, 0.3) is 0 Å². The Morgan fingerprint density at radius 1 is 1.02 bits per heavy atom. The van der Waals surface area contributed by atoms with Crippen molar-refractivity contribution in [3.63, 3.8) is 0 Å². The summed E-state index contributed by atoms with van der Waals surface area (Å²) in [5.41, 5.74) is 0.409. The maximum atomic E-state index is 11.7. The number of carbonyl (C=O) groups excluding carboxylic acids is 2. The van der Waals surface area contributed by atoms with Crippen LogP contribution < -0.4 is 20.8 Å². The zero-order valence-corrected chi connectivity index (χ0v) is 24.7. The molecule has 0 bridgehead atoms. The number of nitrogens with one attached hydrogen (secondary N) is 3. The molecular weight excluding hydrogens is 539 g/mol. The molecule has 2 atom stereocenters. The second kappa shape index (κ2) is 23.5. The molecule has 0 saturated carbocycles. The first-order valence-corrected chi connectivity index (χ1v) is 14.5. The van der Waals surface area contributed by atoms with Crippen molar-refractivity contribution in [3.05, 3.63) is 24.3 Å². The lowest BCUT2D eigenvalue weighted by molar-refractivity contribution is -0.139. The van der Waals surface area contributed by atoms with Crippen LogP contribution in [0.2, 0.25) is 0 Å².